The summed E-state index contributed by atoms with van der Waals surface area (Å²) in [6.45, 7) is 0. The molecular formula is C27H23NO3. The normalized spacial score (nSPS) is 16.7. The Bertz CT molecular complexity index is 1150. The quantitative estimate of drug-likeness (QED) is 0.445. The molecule has 0 saturated heterocycles. The zero-order valence-corrected chi connectivity index (χ0v) is 17.2. The van der Waals surface area contributed by atoms with Gasteiger partial charge in [-0.2, -0.15) is 0 Å². The molecule has 1 aliphatic heterocycles. The van der Waals surface area contributed by atoms with Crippen molar-refractivity contribution in [1.82, 2.24) is 0 Å². The molecule has 4 nitrogen and oxygen atoms in total. The van der Waals surface area contributed by atoms with E-state index in [1.807, 2.05) is 60.7 Å². The number of ether oxygens (including phenoxy) is 2. The second kappa shape index (κ2) is 7.82. The third-order valence-corrected chi connectivity index (χ3v) is 5.75. The molecule has 154 valence electrons. The van der Waals surface area contributed by atoms with E-state index in [9.17, 15) is 5.11 Å². The largest absolute Gasteiger partial charge is 0.504 e. The second-order valence-electron chi connectivity index (χ2n) is 7.53. The van der Waals surface area contributed by atoms with Gasteiger partial charge in [-0.05, 0) is 29.3 Å². The standard InChI is InChI=1S/C27H23NO3/c1-30-25-18-19(16-17-24(25)29)26-28-23-15-9-8-14-22(23)27(31-26,20-10-4-2-5-11-20)21-12-6-3-7-13-21/h2-18,26,28-29H,1H3/t26-/m0/s1. The van der Waals surface area contributed by atoms with E-state index >= 15 is 0 Å². The van der Waals surface area contributed by atoms with Gasteiger partial charge in [-0.3, -0.25) is 0 Å². The van der Waals surface area contributed by atoms with Crippen molar-refractivity contribution in [2.24, 2.45) is 0 Å². The van der Waals surface area contributed by atoms with Gasteiger partial charge < -0.3 is 19.9 Å². The number of para-hydroxylation sites is 1. The van der Waals surface area contributed by atoms with E-state index in [0.29, 0.717) is 5.75 Å². The highest BCUT2D eigenvalue weighted by Gasteiger charge is 2.45. The van der Waals surface area contributed by atoms with E-state index in [-0.39, 0.29) is 5.75 Å². The van der Waals surface area contributed by atoms with Gasteiger partial charge in [0.05, 0.1) is 7.11 Å². The smallest absolute Gasteiger partial charge is 0.160 e. The molecule has 0 spiro atoms. The minimum Gasteiger partial charge on any atom is -0.504 e. The molecule has 1 atom stereocenters. The fourth-order valence-corrected chi connectivity index (χ4v) is 4.30. The van der Waals surface area contributed by atoms with Crippen LogP contribution in [0.3, 0.4) is 0 Å². The maximum absolute atomic E-state index is 10.1. The Morgan fingerprint density at radius 3 is 2.06 bits per heavy atom. The number of anilines is 1. The van der Waals surface area contributed by atoms with E-state index in [4.69, 9.17) is 9.47 Å². The molecule has 2 N–H and O–H groups in total. The highest BCUT2D eigenvalue weighted by Crippen LogP contribution is 2.50. The van der Waals surface area contributed by atoms with Crippen LogP contribution in [0.1, 0.15) is 28.5 Å². The van der Waals surface area contributed by atoms with Crippen LogP contribution in [-0.2, 0) is 10.3 Å². The average molecular weight is 409 g/mol. The van der Waals surface area contributed by atoms with Crippen LogP contribution in [0.25, 0.3) is 0 Å². The summed E-state index contributed by atoms with van der Waals surface area (Å²) in [5.74, 6) is 0.506. The van der Waals surface area contributed by atoms with Gasteiger partial charge in [0.25, 0.3) is 0 Å². The Hall–Kier alpha value is -3.76. The first-order chi connectivity index (χ1) is 15.2. The van der Waals surface area contributed by atoms with Gasteiger partial charge >= 0.3 is 0 Å². The first kappa shape index (κ1) is 19.2. The molecule has 0 saturated carbocycles. The molecule has 0 aromatic heterocycles. The summed E-state index contributed by atoms with van der Waals surface area (Å²) < 4.78 is 12.3. The third kappa shape index (κ3) is 3.22. The zero-order chi connectivity index (χ0) is 21.3. The first-order valence-electron chi connectivity index (χ1n) is 10.2. The highest BCUT2D eigenvalue weighted by molar-refractivity contribution is 5.64. The predicted molar refractivity (Wildman–Crippen MR) is 121 cm³/mol. The Balaban J connectivity index is 1.75. The topological polar surface area (TPSA) is 50.7 Å². The lowest BCUT2D eigenvalue weighted by Crippen LogP contribution is -2.40. The minimum atomic E-state index is -0.805. The first-order valence-corrected chi connectivity index (χ1v) is 10.2. The third-order valence-electron chi connectivity index (χ3n) is 5.75. The van der Waals surface area contributed by atoms with Crippen molar-refractivity contribution < 1.29 is 14.6 Å². The number of methoxy groups -OCH3 is 1. The molecule has 0 bridgehead atoms. The second-order valence-corrected chi connectivity index (χ2v) is 7.53. The number of phenolic OH excluding ortho intramolecular Hbond substituents is 1. The molecule has 1 aliphatic rings. The number of fused-ring (bicyclic) bond motifs is 1. The monoisotopic (exact) mass is 409 g/mol. The summed E-state index contributed by atoms with van der Waals surface area (Å²) in [7, 11) is 1.54. The van der Waals surface area contributed by atoms with Crippen molar-refractivity contribution in [1.29, 1.82) is 0 Å². The van der Waals surface area contributed by atoms with Gasteiger partial charge in [0.2, 0.25) is 0 Å². The van der Waals surface area contributed by atoms with E-state index in [1.54, 1.807) is 13.2 Å². The summed E-state index contributed by atoms with van der Waals surface area (Å²) >= 11 is 0. The van der Waals surface area contributed by atoms with Crippen molar-refractivity contribution in [3.63, 3.8) is 0 Å². The van der Waals surface area contributed by atoms with Crippen LogP contribution >= 0.6 is 0 Å². The molecule has 0 radical (unpaired) electrons. The zero-order valence-electron chi connectivity index (χ0n) is 17.2. The Labute approximate surface area is 181 Å². The summed E-state index contributed by atoms with van der Waals surface area (Å²) in [6.07, 6.45) is -0.454. The highest BCUT2D eigenvalue weighted by atomic mass is 16.5. The number of rotatable bonds is 4. The van der Waals surface area contributed by atoms with Crippen LogP contribution in [-0.4, -0.2) is 12.2 Å². The van der Waals surface area contributed by atoms with Gasteiger partial charge in [0, 0.05) is 16.8 Å². The molecule has 0 aliphatic carbocycles. The molecule has 0 unspecified atom stereocenters. The van der Waals surface area contributed by atoms with Crippen LogP contribution < -0.4 is 10.1 Å². The number of hydrogen-bond acceptors (Lipinski definition) is 4. The number of hydrogen-bond donors (Lipinski definition) is 2. The SMILES string of the molecule is COc1cc([C@H]2Nc3ccccc3C(c3ccccc3)(c3ccccc3)O2)ccc1O. The Kier molecular flexibility index (Phi) is 4.85. The van der Waals surface area contributed by atoms with Crippen molar-refractivity contribution >= 4 is 5.69 Å². The average Bonchev–Trinajstić information content (AvgIpc) is 2.84. The molecule has 0 amide bonds. The molecule has 31 heavy (non-hydrogen) atoms. The summed E-state index contributed by atoms with van der Waals surface area (Å²) in [6, 6.07) is 34.1. The van der Waals surface area contributed by atoms with Gasteiger partial charge in [-0.1, -0.05) is 84.9 Å². The summed E-state index contributed by atoms with van der Waals surface area (Å²) in [5, 5.41) is 13.6. The van der Waals surface area contributed by atoms with E-state index in [0.717, 1.165) is 27.9 Å². The fraction of sp³-hybridized carbons (Fsp3) is 0.111. The predicted octanol–water partition coefficient (Wildman–Crippen LogP) is 5.83. The molecule has 4 aromatic carbocycles. The summed E-state index contributed by atoms with van der Waals surface area (Å²) in [4.78, 5) is 0. The molecule has 0 fully saturated rings. The van der Waals surface area contributed by atoms with Crippen molar-refractivity contribution in [2.45, 2.75) is 11.8 Å². The molecule has 4 heteroatoms. The molecule has 1 heterocycles. The van der Waals surface area contributed by atoms with Crippen LogP contribution in [0.15, 0.2) is 103 Å². The summed E-state index contributed by atoms with van der Waals surface area (Å²) in [5.41, 5.74) is 4.20. The van der Waals surface area contributed by atoms with Gasteiger partial charge in [-0.25, -0.2) is 0 Å². The van der Waals surface area contributed by atoms with Crippen LogP contribution in [0.4, 0.5) is 5.69 Å². The number of benzene rings is 4. The Morgan fingerprint density at radius 1 is 0.806 bits per heavy atom. The lowest BCUT2D eigenvalue weighted by Gasteiger charge is -2.44. The van der Waals surface area contributed by atoms with Crippen LogP contribution in [0, 0.1) is 0 Å². The lowest BCUT2D eigenvalue weighted by atomic mass is 9.78. The van der Waals surface area contributed by atoms with Crippen LogP contribution in [0.2, 0.25) is 0 Å². The number of phenols is 1. The Morgan fingerprint density at radius 2 is 1.42 bits per heavy atom. The minimum absolute atomic E-state index is 0.0971. The van der Waals surface area contributed by atoms with Crippen molar-refractivity contribution in [3.05, 3.63) is 125 Å². The van der Waals surface area contributed by atoms with E-state index in [2.05, 4.69) is 41.7 Å². The molecule has 4 aromatic rings. The lowest BCUT2D eigenvalue weighted by molar-refractivity contribution is -0.0433. The van der Waals surface area contributed by atoms with Gasteiger partial charge in [0.15, 0.2) is 17.7 Å². The maximum atomic E-state index is 10.1. The number of aromatic hydroxyl groups is 1. The van der Waals surface area contributed by atoms with Gasteiger partial charge in [-0.15, -0.1) is 0 Å². The fourth-order valence-electron chi connectivity index (χ4n) is 4.30. The maximum Gasteiger partial charge on any atom is 0.160 e. The van der Waals surface area contributed by atoms with Crippen molar-refractivity contribution in [2.75, 3.05) is 12.4 Å². The molecule has 5 rings (SSSR count). The molecular weight excluding hydrogens is 386 g/mol. The number of nitrogens with one attached hydrogen (secondary N) is 1. The van der Waals surface area contributed by atoms with E-state index < -0.39 is 11.8 Å². The van der Waals surface area contributed by atoms with Crippen LogP contribution in [0.5, 0.6) is 11.5 Å². The van der Waals surface area contributed by atoms with E-state index in [1.165, 1.54) is 0 Å². The van der Waals surface area contributed by atoms with Crippen molar-refractivity contribution in [3.8, 4) is 11.5 Å². The van der Waals surface area contributed by atoms with Gasteiger partial charge in [0.1, 0.15) is 5.60 Å².